The van der Waals surface area contributed by atoms with Crippen molar-refractivity contribution in [3.05, 3.63) is 188 Å². The van der Waals surface area contributed by atoms with Gasteiger partial charge in [-0.2, -0.15) is 0 Å². The first-order valence-corrected chi connectivity index (χ1v) is 18.1. The molecule has 0 atom stereocenters. The molecule has 51 heavy (non-hydrogen) atoms. The highest BCUT2D eigenvalue weighted by molar-refractivity contribution is 7.26. The first-order valence-electron chi connectivity index (χ1n) is 17.3. The van der Waals surface area contributed by atoms with Crippen LogP contribution in [0.4, 0.5) is 17.1 Å². The van der Waals surface area contributed by atoms with E-state index in [-0.39, 0.29) is 0 Å². The SMILES string of the molecule is c1ccc(-c2cc(-c3cccc4c3sc3ccccc34)cc(N(c3ccccc3)c3cccc4c3oc3c(-c5ccccc5)cccc34)c2)cc1. The van der Waals surface area contributed by atoms with Gasteiger partial charge in [0.2, 0.25) is 0 Å². The maximum atomic E-state index is 6.97. The lowest BCUT2D eigenvalue weighted by Gasteiger charge is -2.27. The maximum absolute atomic E-state index is 6.97. The molecule has 2 heterocycles. The topological polar surface area (TPSA) is 16.4 Å². The summed E-state index contributed by atoms with van der Waals surface area (Å²) in [5.41, 5.74) is 11.8. The van der Waals surface area contributed by atoms with Crippen LogP contribution in [0.15, 0.2) is 192 Å². The third-order valence-corrected chi connectivity index (χ3v) is 11.1. The molecule has 0 unspecified atom stereocenters. The van der Waals surface area contributed by atoms with E-state index in [0.717, 1.165) is 55.7 Å². The van der Waals surface area contributed by atoms with Crippen LogP contribution < -0.4 is 4.90 Å². The standard InChI is InChI=1S/C48H31NOS/c1-4-15-32(16-5-1)34-29-35(39-23-13-26-43-40-21-10-11-28-45(40)51-48(39)43)31-37(30-34)49(36-19-8-3-9-20-36)44-27-14-25-42-41-24-12-22-38(46(41)50-47(42)44)33-17-6-2-7-18-33/h1-31H. The highest BCUT2D eigenvalue weighted by atomic mass is 32.1. The Balaban J connectivity index is 1.25. The zero-order valence-corrected chi connectivity index (χ0v) is 28.5. The van der Waals surface area contributed by atoms with E-state index in [2.05, 4.69) is 193 Å². The highest BCUT2D eigenvalue weighted by Gasteiger charge is 2.22. The van der Waals surface area contributed by atoms with E-state index >= 15 is 0 Å². The molecular formula is C48H31NOS. The second-order valence-corrected chi connectivity index (χ2v) is 13.9. The second kappa shape index (κ2) is 12.2. The fourth-order valence-electron chi connectivity index (χ4n) is 7.50. The fourth-order valence-corrected chi connectivity index (χ4v) is 8.74. The van der Waals surface area contributed by atoms with E-state index in [0.29, 0.717) is 0 Å². The number of hydrogen-bond acceptors (Lipinski definition) is 3. The number of hydrogen-bond donors (Lipinski definition) is 0. The summed E-state index contributed by atoms with van der Waals surface area (Å²) in [5.74, 6) is 0. The summed E-state index contributed by atoms with van der Waals surface area (Å²) in [7, 11) is 0. The van der Waals surface area contributed by atoms with Crippen molar-refractivity contribution in [3.63, 3.8) is 0 Å². The monoisotopic (exact) mass is 669 g/mol. The predicted octanol–water partition coefficient (Wildman–Crippen LogP) is 14.4. The maximum Gasteiger partial charge on any atom is 0.159 e. The molecule has 0 amide bonds. The molecule has 8 aromatic carbocycles. The number of rotatable bonds is 6. The number of fused-ring (bicyclic) bond motifs is 6. The van der Waals surface area contributed by atoms with E-state index in [4.69, 9.17) is 4.42 Å². The average molecular weight is 670 g/mol. The van der Waals surface area contributed by atoms with Crippen LogP contribution in [0.5, 0.6) is 0 Å². The molecule has 0 aliphatic carbocycles. The summed E-state index contributed by atoms with van der Waals surface area (Å²) in [6, 6.07) is 67.2. The van der Waals surface area contributed by atoms with Gasteiger partial charge < -0.3 is 9.32 Å². The number of nitrogens with zero attached hydrogens (tertiary/aromatic N) is 1. The lowest BCUT2D eigenvalue weighted by molar-refractivity contribution is 0.670. The van der Waals surface area contributed by atoms with Gasteiger partial charge in [0.1, 0.15) is 5.58 Å². The average Bonchev–Trinajstić information content (AvgIpc) is 3.78. The Kier molecular flexibility index (Phi) is 7.04. The molecule has 0 saturated heterocycles. The summed E-state index contributed by atoms with van der Waals surface area (Å²) >= 11 is 1.87. The molecule has 0 fully saturated rings. The molecule has 240 valence electrons. The largest absolute Gasteiger partial charge is 0.453 e. The van der Waals surface area contributed by atoms with E-state index < -0.39 is 0 Å². The highest BCUT2D eigenvalue weighted by Crippen LogP contribution is 2.47. The Labute approximate surface area is 300 Å². The van der Waals surface area contributed by atoms with Crippen LogP contribution in [0.3, 0.4) is 0 Å². The first-order chi connectivity index (χ1) is 25.3. The Hall–Kier alpha value is -6.42. The van der Waals surface area contributed by atoms with Crippen LogP contribution in [0, 0.1) is 0 Å². The number of thiophene rings is 1. The molecule has 2 aromatic heterocycles. The Morgan fingerprint density at radius 3 is 1.75 bits per heavy atom. The van der Waals surface area contributed by atoms with Gasteiger partial charge in [-0.1, -0.05) is 146 Å². The third kappa shape index (κ3) is 5.01. The van der Waals surface area contributed by atoms with Crippen LogP contribution in [0.2, 0.25) is 0 Å². The molecule has 0 aliphatic heterocycles. The van der Waals surface area contributed by atoms with Crippen molar-refractivity contribution in [1.82, 2.24) is 0 Å². The van der Waals surface area contributed by atoms with Gasteiger partial charge in [0.05, 0.1) is 5.69 Å². The molecule has 0 aliphatic rings. The smallest absolute Gasteiger partial charge is 0.159 e. The summed E-state index contributed by atoms with van der Waals surface area (Å²) in [6.45, 7) is 0. The number of furan rings is 1. The summed E-state index contributed by atoms with van der Waals surface area (Å²) in [4.78, 5) is 2.36. The third-order valence-electron chi connectivity index (χ3n) is 9.84. The van der Waals surface area contributed by atoms with Gasteiger partial charge in [0.25, 0.3) is 0 Å². The number of anilines is 3. The van der Waals surface area contributed by atoms with Gasteiger partial charge in [-0.05, 0) is 70.3 Å². The molecule has 0 saturated carbocycles. The summed E-state index contributed by atoms with van der Waals surface area (Å²) < 4.78 is 9.58. The second-order valence-electron chi connectivity index (χ2n) is 12.9. The molecule has 10 rings (SSSR count). The lowest BCUT2D eigenvalue weighted by Crippen LogP contribution is -2.10. The van der Waals surface area contributed by atoms with Crippen LogP contribution in [0.25, 0.3) is 75.5 Å². The zero-order valence-electron chi connectivity index (χ0n) is 27.7. The van der Waals surface area contributed by atoms with E-state index in [1.165, 1.54) is 36.9 Å². The van der Waals surface area contributed by atoms with Crippen molar-refractivity contribution in [3.8, 4) is 33.4 Å². The van der Waals surface area contributed by atoms with Crippen LogP contribution >= 0.6 is 11.3 Å². The van der Waals surface area contributed by atoms with Crippen LogP contribution in [-0.4, -0.2) is 0 Å². The minimum atomic E-state index is 0.859. The summed E-state index contributed by atoms with van der Waals surface area (Å²) in [5, 5.41) is 4.80. The van der Waals surface area contributed by atoms with Gasteiger partial charge in [0.15, 0.2) is 5.58 Å². The van der Waals surface area contributed by atoms with E-state index in [9.17, 15) is 0 Å². The molecule has 2 nitrogen and oxygen atoms in total. The van der Waals surface area contributed by atoms with Gasteiger partial charge in [-0.25, -0.2) is 0 Å². The normalized spacial score (nSPS) is 11.5. The Morgan fingerprint density at radius 2 is 0.961 bits per heavy atom. The van der Waals surface area contributed by atoms with E-state index in [1.54, 1.807) is 0 Å². The predicted molar refractivity (Wildman–Crippen MR) is 218 cm³/mol. The van der Waals surface area contributed by atoms with Crippen molar-refractivity contribution >= 4 is 70.5 Å². The number of benzene rings is 8. The van der Waals surface area contributed by atoms with Crippen molar-refractivity contribution in [1.29, 1.82) is 0 Å². The van der Waals surface area contributed by atoms with Crippen molar-refractivity contribution in [2.75, 3.05) is 4.90 Å². The number of para-hydroxylation sites is 3. The van der Waals surface area contributed by atoms with Crippen molar-refractivity contribution < 1.29 is 4.42 Å². The van der Waals surface area contributed by atoms with Crippen LogP contribution in [0.1, 0.15) is 0 Å². The quantitative estimate of drug-likeness (QED) is 0.175. The summed E-state index contributed by atoms with van der Waals surface area (Å²) in [6.07, 6.45) is 0. The molecule has 0 bridgehead atoms. The van der Waals surface area contributed by atoms with Crippen molar-refractivity contribution in [2.45, 2.75) is 0 Å². The zero-order chi connectivity index (χ0) is 33.7. The van der Waals surface area contributed by atoms with Gasteiger partial charge >= 0.3 is 0 Å². The molecule has 0 radical (unpaired) electrons. The van der Waals surface area contributed by atoms with E-state index in [1.807, 2.05) is 11.3 Å². The minimum absolute atomic E-state index is 0.859. The molecule has 0 N–H and O–H groups in total. The van der Waals surface area contributed by atoms with Gasteiger partial charge in [-0.15, -0.1) is 11.3 Å². The minimum Gasteiger partial charge on any atom is -0.453 e. The Morgan fingerprint density at radius 1 is 0.373 bits per heavy atom. The molecular weight excluding hydrogens is 639 g/mol. The lowest BCUT2D eigenvalue weighted by atomic mass is 9.96. The van der Waals surface area contributed by atoms with Gasteiger partial charge in [-0.3, -0.25) is 0 Å². The van der Waals surface area contributed by atoms with Crippen LogP contribution in [-0.2, 0) is 0 Å². The van der Waals surface area contributed by atoms with Crippen molar-refractivity contribution in [2.24, 2.45) is 0 Å². The molecule has 0 spiro atoms. The van der Waals surface area contributed by atoms with Gasteiger partial charge in [0, 0.05) is 47.9 Å². The Bertz CT molecular complexity index is 2850. The molecule has 10 aromatic rings. The fraction of sp³-hybridized carbons (Fsp3) is 0. The molecule has 3 heteroatoms. The first kappa shape index (κ1) is 29.5.